The molecule has 0 aromatic heterocycles. The molecular weight excluding hydrogens is 412 g/mol. The first-order chi connectivity index (χ1) is 16.2. The van der Waals surface area contributed by atoms with Crippen molar-refractivity contribution in [1.29, 1.82) is 0 Å². The summed E-state index contributed by atoms with van der Waals surface area (Å²) in [6.07, 6.45) is 0. The largest absolute Gasteiger partial charge is 0.485 e. The van der Waals surface area contributed by atoms with E-state index in [0.29, 0.717) is 6.61 Å². The summed E-state index contributed by atoms with van der Waals surface area (Å²) in [5.41, 5.74) is 2.01. The molecule has 33 heavy (non-hydrogen) atoms. The van der Waals surface area contributed by atoms with Gasteiger partial charge in [0, 0.05) is 26.2 Å². The van der Waals surface area contributed by atoms with Crippen LogP contribution in [0.1, 0.15) is 24.1 Å². The van der Waals surface area contributed by atoms with Gasteiger partial charge in [0.05, 0.1) is 18.7 Å². The molecule has 3 aromatic carbocycles. The number of piperazine rings is 1. The van der Waals surface area contributed by atoms with Gasteiger partial charge in [0.25, 0.3) is 0 Å². The average molecular weight is 445 g/mol. The lowest BCUT2D eigenvalue weighted by molar-refractivity contribution is -0.0878. The smallest absolute Gasteiger partial charge is 0.162 e. The SMILES string of the molecule is CC1(C(CO)N2CCN(C(c3ccccc3)c3ccccc3)CC2)COc2ccccc2O1. The third-order valence-electron chi connectivity index (χ3n) is 6.97. The quantitative estimate of drug-likeness (QED) is 0.623. The van der Waals surface area contributed by atoms with Crippen molar-refractivity contribution in [2.24, 2.45) is 0 Å². The van der Waals surface area contributed by atoms with Gasteiger partial charge in [-0.2, -0.15) is 0 Å². The fourth-order valence-electron chi connectivity index (χ4n) is 5.21. The number of rotatable bonds is 6. The lowest BCUT2D eigenvalue weighted by Crippen LogP contribution is -2.63. The molecule has 2 unspecified atom stereocenters. The molecule has 2 heterocycles. The Hall–Kier alpha value is -2.86. The predicted octanol–water partition coefficient (Wildman–Crippen LogP) is 3.98. The Morgan fingerprint density at radius 2 is 1.27 bits per heavy atom. The number of nitrogens with zero attached hydrogens (tertiary/aromatic N) is 2. The molecule has 5 heteroatoms. The minimum absolute atomic E-state index is 0.0306. The molecule has 5 nitrogen and oxygen atoms in total. The zero-order chi connectivity index (χ0) is 22.7. The molecule has 0 saturated carbocycles. The van der Waals surface area contributed by atoms with Gasteiger partial charge < -0.3 is 14.6 Å². The zero-order valence-electron chi connectivity index (χ0n) is 19.1. The van der Waals surface area contributed by atoms with E-state index >= 15 is 0 Å². The van der Waals surface area contributed by atoms with E-state index < -0.39 is 5.60 Å². The van der Waals surface area contributed by atoms with Crippen LogP contribution in [0.25, 0.3) is 0 Å². The number of para-hydroxylation sites is 2. The molecule has 0 spiro atoms. The molecule has 1 saturated heterocycles. The van der Waals surface area contributed by atoms with Crippen molar-refractivity contribution in [3.63, 3.8) is 0 Å². The summed E-state index contributed by atoms with van der Waals surface area (Å²) < 4.78 is 12.4. The van der Waals surface area contributed by atoms with E-state index in [-0.39, 0.29) is 18.7 Å². The predicted molar refractivity (Wildman–Crippen MR) is 130 cm³/mol. The minimum Gasteiger partial charge on any atom is -0.485 e. The Balaban J connectivity index is 1.32. The standard InChI is InChI=1S/C28H32N2O3/c1-28(21-32-24-14-8-9-15-25(24)33-28)26(20-31)29-16-18-30(19-17-29)27(22-10-4-2-5-11-22)23-12-6-3-7-13-23/h2-15,26-27,31H,16-21H2,1H3. The first-order valence-electron chi connectivity index (χ1n) is 11.8. The molecule has 0 amide bonds. The summed E-state index contributed by atoms with van der Waals surface area (Å²) in [6, 6.07) is 29.3. The second-order valence-corrected chi connectivity index (χ2v) is 9.14. The Morgan fingerprint density at radius 3 is 1.85 bits per heavy atom. The highest BCUT2D eigenvalue weighted by Crippen LogP contribution is 2.38. The van der Waals surface area contributed by atoms with Gasteiger partial charge in [0.1, 0.15) is 6.61 Å². The summed E-state index contributed by atoms with van der Waals surface area (Å²) in [7, 11) is 0. The number of ether oxygens (including phenoxy) is 2. The van der Waals surface area contributed by atoms with E-state index in [0.717, 1.165) is 37.7 Å². The van der Waals surface area contributed by atoms with Crippen LogP contribution in [0, 0.1) is 0 Å². The number of hydrogen-bond donors (Lipinski definition) is 1. The van der Waals surface area contributed by atoms with Crippen molar-refractivity contribution >= 4 is 0 Å². The fraction of sp³-hybridized carbons (Fsp3) is 0.357. The van der Waals surface area contributed by atoms with E-state index in [1.165, 1.54) is 11.1 Å². The number of fused-ring (bicyclic) bond motifs is 1. The summed E-state index contributed by atoms with van der Waals surface area (Å²) in [4.78, 5) is 4.91. The molecule has 2 aliphatic rings. The molecule has 3 aromatic rings. The fourth-order valence-corrected chi connectivity index (χ4v) is 5.21. The maximum Gasteiger partial charge on any atom is 0.162 e. The molecule has 0 radical (unpaired) electrons. The number of aliphatic hydroxyl groups is 1. The maximum absolute atomic E-state index is 10.4. The first-order valence-corrected chi connectivity index (χ1v) is 11.8. The molecule has 1 N–H and O–H groups in total. The number of hydrogen-bond acceptors (Lipinski definition) is 5. The highest BCUT2D eigenvalue weighted by atomic mass is 16.6. The van der Waals surface area contributed by atoms with E-state index in [2.05, 4.69) is 70.5 Å². The normalized spacial score (nSPS) is 22.3. The number of benzene rings is 3. The highest BCUT2D eigenvalue weighted by molar-refractivity contribution is 5.41. The molecule has 2 aliphatic heterocycles. The van der Waals surface area contributed by atoms with Crippen LogP contribution in [-0.4, -0.2) is 65.9 Å². The lowest BCUT2D eigenvalue weighted by atomic mass is 9.93. The van der Waals surface area contributed by atoms with Crippen LogP contribution in [-0.2, 0) is 0 Å². The summed E-state index contributed by atoms with van der Waals surface area (Å²) in [6.45, 7) is 6.06. The lowest BCUT2D eigenvalue weighted by Gasteiger charge is -2.48. The third kappa shape index (κ3) is 4.49. The van der Waals surface area contributed by atoms with Crippen LogP contribution >= 0.6 is 0 Å². The topological polar surface area (TPSA) is 45.2 Å². The average Bonchev–Trinajstić information content (AvgIpc) is 2.87. The first kappa shape index (κ1) is 22.0. The van der Waals surface area contributed by atoms with Crippen LogP contribution in [0.5, 0.6) is 11.5 Å². The monoisotopic (exact) mass is 444 g/mol. The Morgan fingerprint density at radius 1 is 0.758 bits per heavy atom. The van der Waals surface area contributed by atoms with E-state index in [4.69, 9.17) is 9.47 Å². The van der Waals surface area contributed by atoms with Gasteiger partial charge in [-0.25, -0.2) is 0 Å². The Bertz CT molecular complexity index is 998. The van der Waals surface area contributed by atoms with Gasteiger partial charge in [-0.05, 0) is 30.2 Å². The second kappa shape index (κ2) is 9.56. The molecule has 0 bridgehead atoms. The van der Waals surface area contributed by atoms with Crippen molar-refractivity contribution in [2.75, 3.05) is 39.4 Å². The van der Waals surface area contributed by atoms with Gasteiger partial charge in [0.2, 0.25) is 0 Å². The highest BCUT2D eigenvalue weighted by Gasteiger charge is 2.44. The molecule has 5 rings (SSSR count). The summed E-state index contributed by atoms with van der Waals surface area (Å²) >= 11 is 0. The number of aliphatic hydroxyl groups excluding tert-OH is 1. The van der Waals surface area contributed by atoms with E-state index in [1.54, 1.807) is 0 Å². The van der Waals surface area contributed by atoms with E-state index in [1.807, 2.05) is 31.2 Å². The van der Waals surface area contributed by atoms with E-state index in [9.17, 15) is 5.11 Å². The van der Waals surface area contributed by atoms with Crippen LogP contribution in [0.3, 0.4) is 0 Å². The van der Waals surface area contributed by atoms with Crippen molar-refractivity contribution in [1.82, 2.24) is 9.80 Å². The van der Waals surface area contributed by atoms with Crippen molar-refractivity contribution in [3.8, 4) is 11.5 Å². The van der Waals surface area contributed by atoms with Crippen LogP contribution in [0.15, 0.2) is 84.9 Å². The third-order valence-corrected chi connectivity index (χ3v) is 6.97. The summed E-state index contributed by atoms with van der Waals surface area (Å²) in [5.74, 6) is 1.52. The van der Waals surface area contributed by atoms with Crippen molar-refractivity contribution < 1.29 is 14.6 Å². The second-order valence-electron chi connectivity index (χ2n) is 9.14. The minimum atomic E-state index is -0.608. The Labute approximate surface area is 196 Å². The maximum atomic E-state index is 10.4. The van der Waals surface area contributed by atoms with Gasteiger partial charge in [0.15, 0.2) is 17.1 Å². The molecule has 172 valence electrons. The van der Waals surface area contributed by atoms with Crippen LogP contribution < -0.4 is 9.47 Å². The van der Waals surface area contributed by atoms with Crippen molar-refractivity contribution in [3.05, 3.63) is 96.1 Å². The molecule has 1 fully saturated rings. The molecule has 0 aliphatic carbocycles. The molecular formula is C28H32N2O3. The van der Waals surface area contributed by atoms with Gasteiger partial charge in [-0.15, -0.1) is 0 Å². The Kier molecular flexibility index (Phi) is 6.36. The molecule has 2 atom stereocenters. The van der Waals surface area contributed by atoms with Gasteiger partial charge in [-0.3, -0.25) is 9.80 Å². The van der Waals surface area contributed by atoms with Gasteiger partial charge >= 0.3 is 0 Å². The van der Waals surface area contributed by atoms with Gasteiger partial charge in [-0.1, -0.05) is 72.8 Å². The van der Waals surface area contributed by atoms with Crippen molar-refractivity contribution in [2.45, 2.75) is 24.6 Å². The van der Waals surface area contributed by atoms with Crippen LogP contribution in [0.2, 0.25) is 0 Å². The van der Waals surface area contributed by atoms with Crippen LogP contribution in [0.4, 0.5) is 0 Å². The zero-order valence-corrected chi connectivity index (χ0v) is 19.1. The summed E-state index contributed by atoms with van der Waals surface area (Å²) in [5, 5.41) is 10.4.